The van der Waals surface area contributed by atoms with Gasteiger partial charge in [0.05, 0.1) is 6.20 Å². The van der Waals surface area contributed by atoms with E-state index in [2.05, 4.69) is 30.4 Å². The SMILES string of the molecule is Cc1ncc(CNc2ncnc3ccnn23)cn1. The lowest BCUT2D eigenvalue weighted by molar-refractivity contribution is 0.876. The van der Waals surface area contributed by atoms with Crippen LogP contribution in [0.5, 0.6) is 0 Å². The Labute approximate surface area is 103 Å². The first kappa shape index (κ1) is 10.6. The smallest absolute Gasteiger partial charge is 0.227 e. The molecular formula is C11H11N7. The Morgan fingerprint density at radius 1 is 1.17 bits per heavy atom. The third kappa shape index (κ3) is 1.97. The first-order valence-electron chi connectivity index (χ1n) is 5.49. The maximum absolute atomic E-state index is 4.15. The van der Waals surface area contributed by atoms with Crippen molar-refractivity contribution in [3.8, 4) is 0 Å². The van der Waals surface area contributed by atoms with Gasteiger partial charge in [-0.1, -0.05) is 0 Å². The number of hydrogen-bond acceptors (Lipinski definition) is 6. The lowest BCUT2D eigenvalue weighted by Gasteiger charge is -2.06. The van der Waals surface area contributed by atoms with Crippen LogP contribution < -0.4 is 5.32 Å². The summed E-state index contributed by atoms with van der Waals surface area (Å²) in [4.78, 5) is 16.5. The van der Waals surface area contributed by atoms with Crippen LogP contribution >= 0.6 is 0 Å². The molecule has 18 heavy (non-hydrogen) atoms. The van der Waals surface area contributed by atoms with Gasteiger partial charge in [-0.15, -0.1) is 0 Å². The summed E-state index contributed by atoms with van der Waals surface area (Å²) in [6, 6.07) is 1.82. The van der Waals surface area contributed by atoms with Crippen LogP contribution in [-0.2, 0) is 6.54 Å². The number of aromatic nitrogens is 6. The highest BCUT2D eigenvalue weighted by atomic mass is 15.3. The molecule has 0 aliphatic carbocycles. The molecule has 0 amide bonds. The first-order valence-corrected chi connectivity index (χ1v) is 5.49. The molecule has 7 heteroatoms. The van der Waals surface area contributed by atoms with Crippen LogP contribution in [0.1, 0.15) is 11.4 Å². The summed E-state index contributed by atoms with van der Waals surface area (Å²) in [5.41, 5.74) is 1.74. The molecule has 3 aromatic heterocycles. The number of hydrogen-bond donors (Lipinski definition) is 1. The Hall–Kier alpha value is -2.57. The molecule has 0 radical (unpaired) electrons. The Balaban J connectivity index is 1.80. The average Bonchev–Trinajstić information content (AvgIpc) is 2.87. The minimum Gasteiger partial charge on any atom is -0.350 e. The number of anilines is 1. The van der Waals surface area contributed by atoms with Crippen LogP contribution in [0, 0.1) is 6.92 Å². The highest BCUT2D eigenvalue weighted by Gasteiger charge is 2.03. The maximum Gasteiger partial charge on any atom is 0.227 e. The summed E-state index contributed by atoms with van der Waals surface area (Å²) in [5.74, 6) is 1.40. The van der Waals surface area contributed by atoms with Gasteiger partial charge in [0, 0.05) is 30.6 Å². The molecule has 0 bridgehead atoms. The fourth-order valence-electron chi connectivity index (χ4n) is 1.57. The molecule has 3 aromatic rings. The predicted octanol–water partition coefficient (Wildman–Crippen LogP) is 0.835. The van der Waals surface area contributed by atoms with Crippen LogP contribution in [0.15, 0.2) is 31.0 Å². The van der Waals surface area contributed by atoms with Gasteiger partial charge in [0.25, 0.3) is 0 Å². The molecule has 0 saturated heterocycles. The van der Waals surface area contributed by atoms with Gasteiger partial charge in [-0.25, -0.2) is 19.9 Å². The molecule has 3 rings (SSSR count). The molecule has 0 aromatic carbocycles. The highest BCUT2D eigenvalue weighted by molar-refractivity contribution is 5.42. The van der Waals surface area contributed by atoms with E-state index in [0.717, 1.165) is 17.0 Å². The minimum absolute atomic E-state index is 0.590. The molecule has 0 fully saturated rings. The lowest BCUT2D eigenvalue weighted by Crippen LogP contribution is -2.08. The van der Waals surface area contributed by atoms with Gasteiger partial charge in [0.2, 0.25) is 5.95 Å². The van der Waals surface area contributed by atoms with E-state index < -0.39 is 0 Å². The van der Waals surface area contributed by atoms with Gasteiger partial charge in [0.1, 0.15) is 12.2 Å². The van der Waals surface area contributed by atoms with E-state index in [1.807, 2.05) is 13.0 Å². The van der Waals surface area contributed by atoms with E-state index in [4.69, 9.17) is 0 Å². The summed E-state index contributed by atoms with van der Waals surface area (Å²) in [6.07, 6.45) is 6.77. The molecule has 0 aliphatic rings. The maximum atomic E-state index is 4.15. The molecular weight excluding hydrogens is 230 g/mol. The van der Waals surface area contributed by atoms with Crippen LogP contribution in [0.25, 0.3) is 5.65 Å². The van der Waals surface area contributed by atoms with Crippen molar-refractivity contribution < 1.29 is 0 Å². The van der Waals surface area contributed by atoms with Crippen LogP contribution in [0.3, 0.4) is 0 Å². The molecule has 0 spiro atoms. The summed E-state index contributed by atoms with van der Waals surface area (Å²) in [6.45, 7) is 2.45. The fourth-order valence-corrected chi connectivity index (χ4v) is 1.57. The summed E-state index contributed by atoms with van der Waals surface area (Å²) in [5, 5.41) is 7.32. The van der Waals surface area contributed by atoms with E-state index in [0.29, 0.717) is 12.5 Å². The van der Waals surface area contributed by atoms with Gasteiger partial charge in [-0.05, 0) is 6.92 Å². The van der Waals surface area contributed by atoms with E-state index in [9.17, 15) is 0 Å². The number of nitrogens with one attached hydrogen (secondary N) is 1. The molecule has 7 nitrogen and oxygen atoms in total. The Morgan fingerprint density at radius 2 is 2.00 bits per heavy atom. The van der Waals surface area contributed by atoms with Crippen molar-refractivity contribution in [2.24, 2.45) is 0 Å². The fraction of sp³-hybridized carbons (Fsp3) is 0.182. The van der Waals surface area contributed by atoms with Crippen molar-refractivity contribution in [1.82, 2.24) is 29.5 Å². The van der Waals surface area contributed by atoms with Crippen molar-refractivity contribution in [2.75, 3.05) is 5.32 Å². The Morgan fingerprint density at radius 3 is 2.83 bits per heavy atom. The molecule has 1 N–H and O–H groups in total. The number of rotatable bonds is 3. The Kier molecular flexibility index (Phi) is 2.56. The zero-order valence-electron chi connectivity index (χ0n) is 9.78. The van der Waals surface area contributed by atoms with Crippen LogP contribution in [0.4, 0.5) is 5.95 Å². The largest absolute Gasteiger partial charge is 0.350 e. The minimum atomic E-state index is 0.590. The molecule has 3 heterocycles. The standard InChI is InChI=1S/C11H11N7/c1-8-12-4-9(5-13-8)6-14-11-16-7-15-10-2-3-17-18(10)11/h2-5,7H,6H2,1H3,(H,14,15,16). The molecule has 90 valence electrons. The van der Waals surface area contributed by atoms with Crippen LogP contribution in [-0.4, -0.2) is 29.5 Å². The average molecular weight is 241 g/mol. The van der Waals surface area contributed by atoms with Crippen molar-refractivity contribution in [1.29, 1.82) is 0 Å². The van der Waals surface area contributed by atoms with E-state index >= 15 is 0 Å². The summed E-state index contributed by atoms with van der Waals surface area (Å²) >= 11 is 0. The molecule has 0 unspecified atom stereocenters. The third-order valence-electron chi connectivity index (χ3n) is 2.48. The Bertz CT molecular complexity index is 658. The second-order valence-electron chi connectivity index (χ2n) is 3.79. The zero-order chi connectivity index (χ0) is 12.4. The van der Waals surface area contributed by atoms with Crippen molar-refractivity contribution in [3.05, 3.63) is 42.4 Å². The van der Waals surface area contributed by atoms with Gasteiger partial charge >= 0.3 is 0 Å². The topological polar surface area (TPSA) is 80.9 Å². The second-order valence-corrected chi connectivity index (χ2v) is 3.79. The van der Waals surface area contributed by atoms with Gasteiger partial charge in [0.15, 0.2) is 5.65 Å². The van der Waals surface area contributed by atoms with Crippen molar-refractivity contribution >= 4 is 11.6 Å². The predicted molar refractivity (Wildman–Crippen MR) is 64.9 cm³/mol. The van der Waals surface area contributed by atoms with Crippen molar-refractivity contribution in [2.45, 2.75) is 13.5 Å². The summed E-state index contributed by atoms with van der Waals surface area (Å²) in [7, 11) is 0. The normalized spacial score (nSPS) is 10.7. The number of fused-ring (bicyclic) bond motifs is 1. The second kappa shape index (κ2) is 4.36. The van der Waals surface area contributed by atoms with Gasteiger partial charge in [-0.3, -0.25) is 0 Å². The summed E-state index contributed by atoms with van der Waals surface area (Å²) < 4.78 is 1.65. The van der Waals surface area contributed by atoms with Crippen LogP contribution in [0.2, 0.25) is 0 Å². The highest BCUT2D eigenvalue weighted by Crippen LogP contribution is 2.06. The number of nitrogens with zero attached hydrogens (tertiary/aromatic N) is 6. The monoisotopic (exact) mass is 241 g/mol. The molecule has 0 saturated carbocycles. The third-order valence-corrected chi connectivity index (χ3v) is 2.48. The quantitative estimate of drug-likeness (QED) is 0.731. The van der Waals surface area contributed by atoms with Crippen molar-refractivity contribution in [3.63, 3.8) is 0 Å². The lowest BCUT2D eigenvalue weighted by atomic mass is 10.3. The van der Waals surface area contributed by atoms with E-state index in [1.54, 1.807) is 23.1 Å². The van der Waals surface area contributed by atoms with E-state index in [-0.39, 0.29) is 0 Å². The van der Waals surface area contributed by atoms with Gasteiger partial charge in [-0.2, -0.15) is 9.61 Å². The molecule has 0 atom stereocenters. The molecule has 0 aliphatic heterocycles. The number of aryl methyl sites for hydroxylation is 1. The zero-order valence-corrected chi connectivity index (χ0v) is 9.78. The first-order chi connectivity index (χ1) is 8.83. The van der Waals surface area contributed by atoms with E-state index in [1.165, 1.54) is 6.33 Å². The van der Waals surface area contributed by atoms with Gasteiger partial charge < -0.3 is 5.32 Å².